The summed E-state index contributed by atoms with van der Waals surface area (Å²) in [5.74, 6) is -1.31. The lowest BCUT2D eigenvalue weighted by atomic mass is 10.4. The Morgan fingerprint density at radius 2 is 1.93 bits per heavy atom. The fourth-order valence-corrected chi connectivity index (χ4v) is 3.39. The van der Waals surface area contributed by atoms with Gasteiger partial charge in [-0.05, 0) is 6.92 Å². The lowest BCUT2D eigenvalue weighted by Crippen LogP contribution is -2.05. The van der Waals surface area contributed by atoms with Crippen molar-refractivity contribution in [1.82, 2.24) is 4.57 Å². The number of nitrogens with zero attached hydrogens (tertiary/aromatic N) is 1. The van der Waals surface area contributed by atoms with Gasteiger partial charge in [0, 0.05) is 23.4 Å². The average Bonchev–Trinajstić information content (AvgIpc) is 2.21. The zero-order chi connectivity index (χ0) is 12.0. The molecule has 1 N–H and O–H groups in total. The smallest absolute Gasteiger partial charge is 0.354 e. The maximum absolute atomic E-state index is 11.1. The molecule has 5 nitrogen and oxygen atoms in total. The SMILES string of the molecule is Cc1c(S(=O)(=O)Cl)c(Cl)c(C(=O)O)n1C. The van der Waals surface area contributed by atoms with Gasteiger partial charge in [0.25, 0.3) is 9.05 Å². The summed E-state index contributed by atoms with van der Waals surface area (Å²) in [6.45, 7) is 1.42. The molecule has 0 amide bonds. The number of halogens is 2. The van der Waals surface area contributed by atoms with Gasteiger partial charge in [-0.25, -0.2) is 13.2 Å². The molecule has 0 fully saturated rings. The molecule has 8 heteroatoms. The Morgan fingerprint density at radius 1 is 1.47 bits per heavy atom. The predicted molar refractivity (Wildman–Crippen MR) is 55.2 cm³/mol. The lowest BCUT2D eigenvalue weighted by molar-refractivity contribution is 0.0686. The van der Waals surface area contributed by atoms with Gasteiger partial charge in [-0.3, -0.25) is 0 Å². The number of hydrogen-bond donors (Lipinski definition) is 1. The van der Waals surface area contributed by atoms with Crippen molar-refractivity contribution in [2.75, 3.05) is 0 Å². The van der Waals surface area contributed by atoms with Crippen molar-refractivity contribution in [3.8, 4) is 0 Å². The first-order valence-electron chi connectivity index (χ1n) is 3.70. The minimum atomic E-state index is -4.04. The van der Waals surface area contributed by atoms with Crippen molar-refractivity contribution in [2.45, 2.75) is 11.8 Å². The summed E-state index contributed by atoms with van der Waals surface area (Å²) in [5.41, 5.74) is -0.110. The van der Waals surface area contributed by atoms with Gasteiger partial charge in [0.15, 0.2) is 0 Å². The molecule has 0 aromatic carbocycles. The third kappa shape index (κ3) is 1.97. The second kappa shape index (κ2) is 3.70. The summed E-state index contributed by atoms with van der Waals surface area (Å²) in [5, 5.41) is 8.44. The van der Waals surface area contributed by atoms with Crippen LogP contribution >= 0.6 is 22.3 Å². The van der Waals surface area contributed by atoms with E-state index in [9.17, 15) is 13.2 Å². The van der Waals surface area contributed by atoms with Crippen LogP contribution in [0.2, 0.25) is 5.02 Å². The van der Waals surface area contributed by atoms with E-state index in [1.165, 1.54) is 18.5 Å². The van der Waals surface area contributed by atoms with E-state index in [2.05, 4.69) is 0 Å². The van der Waals surface area contributed by atoms with E-state index in [0.717, 1.165) is 0 Å². The Hall–Kier alpha value is -0.720. The fourth-order valence-electron chi connectivity index (χ4n) is 1.25. The first kappa shape index (κ1) is 12.4. The maximum Gasteiger partial charge on any atom is 0.354 e. The topological polar surface area (TPSA) is 76.4 Å². The number of hydrogen-bond acceptors (Lipinski definition) is 3. The van der Waals surface area contributed by atoms with Gasteiger partial charge in [0.2, 0.25) is 0 Å². The van der Waals surface area contributed by atoms with Gasteiger partial charge in [0.1, 0.15) is 10.6 Å². The van der Waals surface area contributed by atoms with E-state index in [1.54, 1.807) is 0 Å². The summed E-state index contributed by atoms with van der Waals surface area (Å²) >= 11 is 5.65. The van der Waals surface area contributed by atoms with Gasteiger partial charge in [-0.2, -0.15) is 0 Å². The van der Waals surface area contributed by atoms with Crippen LogP contribution in [0.25, 0.3) is 0 Å². The Bertz CT molecular complexity index is 532. The highest BCUT2D eigenvalue weighted by Crippen LogP contribution is 2.33. The summed E-state index contributed by atoms with van der Waals surface area (Å²) in [6, 6.07) is 0. The molecule has 15 heavy (non-hydrogen) atoms. The molecule has 1 rings (SSSR count). The van der Waals surface area contributed by atoms with Crippen LogP contribution in [0.3, 0.4) is 0 Å². The molecule has 0 saturated carbocycles. The van der Waals surface area contributed by atoms with E-state index < -0.39 is 15.0 Å². The monoisotopic (exact) mass is 271 g/mol. The highest BCUT2D eigenvalue weighted by atomic mass is 35.7. The van der Waals surface area contributed by atoms with Gasteiger partial charge >= 0.3 is 5.97 Å². The van der Waals surface area contributed by atoms with E-state index in [1.807, 2.05) is 0 Å². The summed E-state index contributed by atoms with van der Waals surface area (Å²) in [7, 11) is 2.50. The Morgan fingerprint density at radius 3 is 2.13 bits per heavy atom. The van der Waals surface area contributed by atoms with Crippen LogP contribution in [-0.2, 0) is 16.1 Å². The second-order valence-electron chi connectivity index (χ2n) is 2.88. The molecule has 0 aliphatic carbocycles. The van der Waals surface area contributed by atoms with Gasteiger partial charge < -0.3 is 9.67 Å². The van der Waals surface area contributed by atoms with Crippen LogP contribution in [0.5, 0.6) is 0 Å². The molecule has 0 aliphatic rings. The van der Waals surface area contributed by atoms with Gasteiger partial charge in [-0.1, -0.05) is 11.6 Å². The summed E-state index contributed by atoms with van der Waals surface area (Å²) < 4.78 is 23.4. The minimum Gasteiger partial charge on any atom is -0.477 e. The highest BCUT2D eigenvalue weighted by molar-refractivity contribution is 8.13. The van der Waals surface area contributed by atoms with Crippen molar-refractivity contribution in [3.63, 3.8) is 0 Å². The summed E-state index contributed by atoms with van der Waals surface area (Å²) in [6.07, 6.45) is 0. The Kier molecular flexibility index (Phi) is 3.04. The molecule has 1 aromatic rings. The van der Waals surface area contributed by atoms with Crippen LogP contribution in [-0.4, -0.2) is 24.1 Å². The average molecular weight is 272 g/mol. The normalized spacial score (nSPS) is 11.7. The first-order chi connectivity index (χ1) is 6.68. The predicted octanol–water partition coefficient (Wildman–Crippen LogP) is 1.61. The fraction of sp³-hybridized carbons (Fsp3) is 0.286. The molecule has 0 aliphatic heterocycles. The van der Waals surface area contributed by atoms with Crippen LogP contribution < -0.4 is 0 Å². The third-order valence-corrected chi connectivity index (χ3v) is 3.95. The molecule has 0 saturated heterocycles. The highest BCUT2D eigenvalue weighted by Gasteiger charge is 2.28. The van der Waals surface area contributed by atoms with E-state index >= 15 is 0 Å². The number of rotatable bonds is 2. The van der Waals surface area contributed by atoms with Crippen LogP contribution in [0.4, 0.5) is 0 Å². The van der Waals surface area contributed by atoms with Gasteiger partial charge in [0.05, 0.1) is 5.02 Å². The van der Waals surface area contributed by atoms with Crippen molar-refractivity contribution in [1.29, 1.82) is 0 Å². The molecule has 0 bridgehead atoms. The molecular formula is C7H7Cl2NO4S. The van der Waals surface area contributed by atoms with Crippen molar-refractivity contribution >= 4 is 37.3 Å². The number of carboxylic acid groups (broad SMARTS) is 1. The lowest BCUT2D eigenvalue weighted by Gasteiger charge is -1.99. The Labute approximate surface area is 95.6 Å². The largest absolute Gasteiger partial charge is 0.477 e. The van der Waals surface area contributed by atoms with Crippen molar-refractivity contribution < 1.29 is 18.3 Å². The number of aromatic nitrogens is 1. The maximum atomic E-state index is 11.1. The standard InChI is InChI=1S/C7H7Cl2NO4S/c1-3-6(15(9,13)14)4(8)5(7(11)12)10(3)2/h1-2H3,(H,11,12). The minimum absolute atomic E-state index is 0.187. The molecule has 0 spiro atoms. The van der Waals surface area contributed by atoms with Crippen LogP contribution in [0.1, 0.15) is 16.2 Å². The molecule has 1 heterocycles. The molecule has 1 aromatic heterocycles. The van der Waals surface area contributed by atoms with E-state index in [4.69, 9.17) is 27.4 Å². The third-order valence-electron chi connectivity index (χ3n) is 2.02. The van der Waals surface area contributed by atoms with Gasteiger partial charge in [-0.15, -0.1) is 0 Å². The first-order valence-corrected chi connectivity index (χ1v) is 6.39. The van der Waals surface area contributed by atoms with E-state index in [0.29, 0.717) is 0 Å². The molecule has 0 unspecified atom stereocenters. The Balaban J connectivity index is 3.73. The van der Waals surface area contributed by atoms with E-state index in [-0.39, 0.29) is 21.3 Å². The quantitative estimate of drug-likeness (QED) is 0.830. The van der Waals surface area contributed by atoms with Crippen molar-refractivity contribution in [3.05, 3.63) is 16.4 Å². The second-order valence-corrected chi connectivity index (χ2v) is 5.76. The summed E-state index contributed by atoms with van der Waals surface area (Å²) in [4.78, 5) is 10.4. The van der Waals surface area contributed by atoms with Crippen molar-refractivity contribution in [2.24, 2.45) is 7.05 Å². The van der Waals surface area contributed by atoms with Crippen LogP contribution in [0, 0.1) is 6.92 Å². The molecule has 84 valence electrons. The number of carbonyl (C=O) groups is 1. The zero-order valence-electron chi connectivity index (χ0n) is 7.78. The molecule has 0 radical (unpaired) electrons. The van der Waals surface area contributed by atoms with Crippen LogP contribution in [0.15, 0.2) is 4.90 Å². The molecular weight excluding hydrogens is 265 g/mol. The number of aromatic carboxylic acids is 1. The number of carboxylic acids is 1. The molecule has 0 atom stereocenters. The zero-order valence-corrected chi connectivity index (χ0v) is 10.1.